The molecule has 70 heavy (non-hydrogen) atoms. The van der Waals surface area contributed by atoms with Gasteiger partial charge in [-0.05, 0) is 105 Å². The fraction of sp³-hybridized carbons (Fsp3) is 0. The molecule has 2 nitrogen and oxygen atoms in total. The Kier molecular flexibility index (Phi) is 9.61. The summed E-state index contributed by atoms with van der Waals surface area (Å²) < 4.78 is 5.13. The van der Waals surface area contributed by atoms with Gasteiger partial charge in [0.1, 0.15) is 0 Å². The fourth-order valence-corrected chi connectivity index (χ4v) is 13.0. The highest BCUT2D eigenvalue weighted by atomic mass is 32.1. The van der Waals surface area contributed by atoms with E-state index in [0.29, 0.717) is 0 Å². The van der Waals surface area contributed by atoms with Crippen LogP contribution in [0.4, 0.5) is 34.1 Å². The van der Waals surface area contributed by atoms with Crippen LogP contribution < -0.4 is 9.80 Å². The first kappa shape index (κ1) is 40.5. The zero-order valence-corrected chi connectivity index (χ0v) is 39.6. The highest BCUT2D eigenvalue weighted by Gasteiger charge is 2.25. The third kappa shape index (κ3) is 6.75. The van der Waals surface area contributed by atoms with Crippen molar-refractivity contribution < 1.29 is 0 Å². The van der Waals surface area contributed by atoms with Crippen molar-refractivity contribution in [3.8, 4) is 22.3 Å². The summed E-state index contributed by atoms with van der Waals surface area (Å²) in [7, 11) is 0. The van der Waals surface area contributed by atoms with Gasteiger partial charge in [0.15, 0.2) is 0 Å². The summed E-state index contributed by atoms with van der Waals surface area (Å²) in [4.78, 5) is 5.02. The van der Waals surface area contributed by atoms with Crippen molar-refractivity contribution in [1.82, 2.24) is 0 Å². The Morgan fingerprint density at radius 3 is 1.07 bits per heavy atom. The fourth-order valence-electron chi connectivity index (χ4n) is 10.7. The van der Waals surface area contributed by atoms with Crippen LogP contribution in [-0.4, -0.2) is 0 Å². The van der Waals surface area contributed by atoms with E-state index in [1.165, 1.54) is 67.3 Å². The minimum atomic E-state index is 1.11. The zero-order chi connectivity index (χ0) is 46.1. The van der Waals surface area contributed by atoms with Crippen LogP contribution in [0.5, 0.6) is 0 Å². The summed E-state index contributed by atoms with van der Waals surface area (Å²) in [6.45, 7) is 0. The van der Waals surface area contributed by atoms with E-state index in [2.05, 4.69) is 265 Å². The standard InChI is InChI=1S/C66H42N2S2/c1-3-17-45(18-4-1)57-37-47-38-58(46-19-5-2-6-20-46)62(68(60-30-16-24-44-22-8-10-26-52(44)60)50-34-36-56-54-28-12-14-32-64(54)70-66(56)42-50)40-48(47)39-61(57)67(59-29-15-23-43-21-7-9-25-51(43)59)49-33-35-55-53-27-11-13-31-63(53)69-65(55)41-49/h1-42H. The van der Waals surface area contributed by atoms with Gasteiger partial charge < -0.3 is 9.80 Å². The van der Waals surface area contributed by atoms with Gasteiger partial charge in [-0.3, -0.25) is 0 Å². The van der Waals surface area contributed by atoms with Gasteiger partial charge in [-0.25, -0.2) is 0 Å². The van der Waals surface area contributed by atoms with E-state index >= 15 is 0 Å². The molecule has 0 aliphatic heterocycles. The topological polar surface area (TPSA) is 6.48 Å². The SMILES string of the molecule is c1ccc(-c2cc3cc(-c4ccccc4)c(N(c4ccc5c(c4)sc4ccccc45)c4cccc5ccccc45)cc3cc2N(c2ccc3c(c2)sc2ccccc23)c2cccc3ccccc23)cc1. The van der Waals surface area contributed by atoms with Gasteiger partial charge in [-0.1, -0.05) is 182 Å². The number of fused-ring (bicyclic) bond motifs is 9. The molecule has 0 aliphatic rings. The smallest absolute Gasteiger partial charge is 0.0546 e. The summed E-state index contributed by atoms with van der Waals surface area (Å²) in [5, 5.41) is 12.3. The highest BCUT2D eigenvalue weighted by molar-refractivity contribution is 7.26. The van der Waals surface area contributed by atoms with Crippen LogP contribution in [0, 0.1) is 0 Å². The van der Waals surface area contributed by atoms with E-state index in [0.717, 1.165) is 61.8 Å². The molecular formula is C66H42N2S2. The van der Waals surface area contributed by atoms with Crippen LogP contribution in [0.15, 0.2) is 255 Å². The lowest BCUT2D eigenvalue weighted by atomic mass is 9.93. The van der Waals surface area contributed by atoms with E-state index in [1.54, 1.807) is 0 Å². The number of benzene rings is 12. The van der Waals surface area contributed by atoms with Crippen molar-refractivity contribution in [2.45, 2.75) is 0 Å². The third-order valence-electron chi connectivity index (χ3n) is 14.0. The molecule has 328 valence electrons. The molecule has 0 spiro atoms. The molecule has 0 amide bonds. The highest BCUT2D eigenvalue weighted by Crippen LogP contribution is 2.51. The van der Waals surface area contributed by atoms with E-state index in [4.69, 9.17) is 0 Å². The van der Waals surface area contributed by atoms with Gasteiger partial charge >= 0.3 is 0 Å². The first-order valence-electron chi connectivity index (χ1n) is 23.8. The molecule has 12 aromatic carbocycles. The summed E-state index contributed by atoms with van der Waals surface area (Å²) in [6, 6.07) is 94.2. The van der Waals surface area contributed by atoms with Crippen LogP contribution in [-0.2, 0) is 0 Å². The molecule has 14 aromatic rings. The monoisotopic (exact) mass is 926 g/mol. The van der Waals surface area contributed by atoms with Crippen LogP contribution >= 0.6 is 22.7 Å². The number of anilines is 6. The lowest BCUT2D eigenvalue weighted by Gasteiger charge is -2.31. The maximum atomic E-state index is 2.51. The Hall–Kier alpha value is -8.54. The molecule has 0 bridgehead atoms. The van der Waals surface area contributed by atoms with Crippen molar-refractivity contribution >= 4 is 129 Å². The maximum absolute atomic E-state index is 2.51. The van der Waals surface area contributed by atoms with Crippen molar-refractivity contribution in [2.75, 3.05) is 9.80 Å². The summed E-state index contributed by atoms with van der Waals surface area (Å²) >= 11 is 3.72. The van der Waals surface area contributed by atoms with E-state index in [9.17, 15) is 0 Å². The largest absolute Gasteiger partial charge is 0.309 e. The Labute approximate surface area is 413 Å². The maximum Gasteiger partial charge on any atom is 0.0546 e. The minimum absolute atomic E-state index is 1.11. The van der Waals surface area contributed by atoms with Crippen molar-refractivity contribution in [2.24, 2.45) is 0 Å². The molecule has 0 aliphatic carbocycles. The average Bonchev–Trinajstić information content (AvgIpc) is 3.99. The molecular weight excluding hydrogens is 885 g/mol. The van der Waals surface area contributed by atoms with Gasteiger partial charge in [0, 0.05) is 73.6 Å². The summed E-state index contributed by atoms with van der Waals surface area (Å²) in [5.74, 6) is 0. The first-order chi connectivity index (χ1) is 34.7. The Balaban J connectivity index is 1.08. The lowest BCUT2D eigenvalue weighted by Crippen LogP contribution is -2.13. The number of thiophene rings is 2. The molecule has 0 unspecified atom stereocenters. The van der Waals surface area contributed by atoms with E-state index < -0.39 is 0 Å². The Bertz CT molecular complexity index is 4040. The quantitative estimate of drug-likeness (QED) is 0.150. The second-order valence-corrected chi connectivity index (χ2v) is 20.2. The summed E-state index contributed by atoms with van der Waals surface area (Å²) in [6.07, 6.45) is 0. The Morgan fingerprint density at radius 2 is 0.600 bits per heavy atom. The van der Waals surface area contributed by atoms with Crippen LogP contribution in [0.25, 0.3) is 94.9 Å². The molecule has 2 aromatic heterocycles. The van der Waals surface area contributed by atoms with Crippen LogP contribution in [0.2, 0.25) is 0 Å². The first-order valence-corrected chi connectivity index (χ1v) is 25.4. The molecule has 0 saturated carbocycles. The van der Waals surface area contributed by atoms with Gasteiger partial charge in [0.25, 0.3) is 0 Å². The van der Waals surface area contributed by atoms with Gasteiger partial charge in [-0.2, -0.15) is 0 Å². The molecule has 14 rings (SSSR count). The van der Waals surface area contributed by atoms with Gasteiger partial charge in [0.2, 0.25) is 0 Å². The van der Waals surface area contributed by atoms with Crippen molar-refractivity contribution in [1.29, 1.82) is 0 Å². The Morgan fingerprint density at radius 1 is 0.229 bits per heavy atom. The van der Waals surface area contributed by atoms with Gasteiger partial charge in [0.05, 0.1) is 22.7 Å². The molecule has 0 fully saturated rings. The molecule has 0 saturated heterocycles. The average molecular weight is 927 g/mol. The molecule has 0 radical (unpaired) electrons. The molecule has 2 heterocycles. The van der Waals surface area contributed by atoms with E-state index in [1.807, 2.05) is 22.7 Å². The predicted octanol–water partition coefficient (Wildman–Crippen LogP) is 20.2. The second kappa shape index (κ2) is 16.6. The van der Waals surface area contributed by atoms with Crippen LogP contribution in [0.3, 0.4) is 0 Å². The van der Waals surface area contributed by atoms with Crippen molar-refractivity contribution in [3.05, 3.63) is 255 Å². The normalized spacial score (nSPS) is 11.7. The second-order valence-electron chi connectivity index (χ2n) is 18.0. The predicted molar refractivity (Wildman–Crippen MR) is 305 cm³/mol. The minimum Gasteiger partial charge on any atom is -0.309 e. The molecule has 0 N–H and O–H groups in total. The van der Waals surface area contributed by atoms with E-state index in [-0.39, 0.29) is 0 Å². The zero-order valence-electron chi connectivity index (χ0n) is 38.0. The lowest BCUT2D eigenvalue weighted by molar-refractivity contribution is 1.30. The van der Waals surface area contributed by atoms with Crippen LogP contribution in [0.1, 0.15) is 0 Å². The van der Waals surface area contributed by atoms with Gasteiger partial charge in [-0.15, -0.1) is 22.7 Å². The molecule has 4 heteroatoms. The number of nitrogens with zero attached hydrogens (tertiary/aromatic N) is 2. The van der Waals surface area contributed by atoms with Crippen molar-refractivity contribution in [3.63, 3.8) is 0 Å². The number of rotatable bonds is 8. The third-order valence-corrected chi connectivity index (χ3v) is 16.2. The number of hydrogen-bond acceptors (Lipinski definition) is 4. The summed E-state index contributed by atoms with van der Waals surface area (Å²) in [5.41, 5.74) is 11.3. The number of hydrogen-bond donors (Lipinski definition) is 0. The molecule has 0 atom stereocenters.